The lowest BCUT2D eigenvalue weighted by Crippen LogP contribution is -2.24. The van der Waals surface area contributed by atoms with E-state index in [9.17, 15) is 0 Å². The van der Waals surface area contributed by atoms with Crippen molar-refractivity contribution in [3.8, 4) is 0 Å². The highest BCUT2D eigenvalue weighted by molar-refractivity contribution is 7.11. The molecule has 1 aromatic heterocycles. The smallest absolute Gasteiger partial charge is 0.117 e. The Morgan fingerprint density at radius 3 is 3.05 bits per heavy atom. The maximum Gasteiger partial charge on any atom is 0.117 e. The van der Waals surface area contributed by atoms with Crippen LogP contribution < -0.4 is 5.32 Å². The lowest BCUT2D eigenvalue weighted by atomic mass is 10.1. The summed E-state index contributed by atoms with van der Waals surface area (Å²) >= 11 is 1.59. The zero-order chi connectivity index (χ0) is 12.7. The van der Waals surface area contributed by atoms with Gasteiger partial charge in [-0.2, -0.15) is 4.37 Å². The van der Waals surface area contributed by atoms with Gasteiger partial charge in [-0.1, -0.05) is 12.1 Å². The van der Waals surface area contributed by atoms with Gasteiger partial charge < -0.3 is 10.2 Å². The first-order valence-electron chi connectivity index (χ1n) is 7.22. The average Bonchev–Trinajstić information content (AvgIpc) is 3.05. The van der Waals surface area contributed by atoms with E-state index in [0.717, 1.165) is 24.0 Å². The Balaban J connectivity index is 1.39. The summed E-state index contributed by atoms with van der Waals surface area (Å²) in [5, 5.41) is 6.12. The van der Waals surface area contributed by atoms with E-state index in [2.05, 4.69) is 38.9 Å². The molecule has 3 nitrogen and oxygen atoms in total. The molecule has 1 unspecified atom stereocenters. The summed E-state index contributed by atoms with van der Waals surface area (Å²) in [5.74, 6) is 0.807. The minimum atomic E-state index is 0.807. The Labute approximate surface area is 117 Å². The third-order valence-corrected chi connectivity index (χ3v) is 5.15. The molecule has 1 aliphatic carbocycles. The van der Waals surface area contributed by atoms with Crippen molar-refractivity contribution in [3.05, 3.63) is 24.3 Å². The Hall–Kier alpha value is -1.13. The van der Waals surface area contributed by atoms with Crippen LogP contribution in [0.1, 0.15) is 19.3 Å². The van der Waals surface area contributed by atoms with Crippen LogP contribution in [0.4, 0.5) is 5.00 Å². The van der Waals surface area contributed by atoms with Crippen LogP contribution in [0.2, 0.25) is 0 Å². The van der Waals surface area contributed by atoms with Gasteiger partial charge in [-0.05, 0) is 55.4 Å². The fourth-order valence-corrected chi connectivity index (χ4v) is 3.82. The zero-order valence-corrected chi connectivity index (χ0v) is 11.8. The second kappa shape index (κ2) is 4.76. The Bertz CT molecular complexity index is 576. The highest BCUT2D eigenvalue weighted by Crippen LogP contribution is 2.32. The standard InChI is InChI=1S/C15H19N3S/c1-2-4-14-13(3-1)15(19-17-14)16-9-11-7-8-18(10-11)12-5-6-12/h1-4,11-12,16H,5-10H2. The molecule has 4 heteroatoms. The number of likely N-dealkylation sites (tertiary alicyclic amines) is 1. The van der Waals surface area contributed by atoms with Crippen molar-refractivity contribution in [2.75, 3.05) is 25.0 Å². The van der Waals surface area contributed by atoms with Gasteiger partial charge in [-0.25, -0.2) is 0 Å². The highest BCUT2D eigenvalue weighted by atomic mass is 32.1. The lowest BCUT2D eigenvalue weighted by Gasteiger charge is -2.15. The average molecular weight is 273 g/mol. The van der Waals surface area contributed by atoms with Crippen LogP contribution in [-0.2, 0) is 0 Å². The Morgan fingerprint density at radius 2 is 2.16 bits per heavy atom. The molecule has 1 aliphatic heterocycles. The third kappa shape index (κ3) is 2.35. The molecule has 1 N–H and O–H groups in total. The van der Waals surface area contributed by atoms with E-state index in [4.69, 9.17) is 0 Å². The molecule has 4 rings (SSSR count). The van der Waals surface area contributed by atoms with Crippen LogP contribution in [0.5, 0.6) is 0 Å². The number of aromatic nitrogens is 1. The van der Waals surface area contributed by atoms with Crippen LogP contribution in [0, 0.1) is 5.92 Å². The van der Waals surface area contributed by atoms with E-state index in [-0.39, 0.29) is 0 Å². The molecular weight excluding hydrogens is 254 g/mol. The number of fused-ring (bicyclic) bond motifs is 1. The van der Waals surface area contributed by atoms with Gasteiger partial charge in [0.05, 0.1) is 5.52 Å². The van der Waals surface area contributed by atoms with Crippen LogP contribution in [0.25, 0.3) is 10.9 Å². The Kier molecular flexibility index (Phi) is 2.93. The number of nitrogens with one attached hydrogen (secondary N) is 1. The second-order valence-corrected chi connectivity index (χ2v) is 6.56. The molecule has 1 aromatic carbocycles. The largest absolute Gasteiger partial charge is 0.375 e. The minimum Gasteiger partial charge on any atom is -0.375 e. The monoisotopic (exact) mass is 273 g/mol. The van der Waals surface area contributed by atoms with Crippen LogP contribution in [0.3, 0.4) is 0 Å². The van der Waals surface area contributed by atoms with Crippen LogP contribution in [0.15, 0.2) is 24.3 Å². The third-order valence-electron chi connectivity index (χ3n) is 4.32. The molecule has 0 amide bonds. The van der Waals surface area contributed by atoms with Crippen molar-refractivity contribution in [2.24, 2.45) is 5.92 Å². The zero-order valence-electron chi connectivity index (χ0n) is 11.0. The second-order valence-electron chi connectivity index (χ2n) is 5.79. The van der Waals surface area contributed by atoms with Crippen molar-refractivity contribution in [2.45, 2.75) is 25.3 Å². The number of hydrogen-bond acceptors (Lipinski definition) is 4. The molecule has 1 saturated carbocycles. The normalized spacial score (nSPS) is 24.1. The molecule has 1 atom stereocenters. The van der Waals surface area contributed by atoms with Gasteiger partial charge in [-0.15, -0.1) is 0 Å². The lowest BCUT2D eigenvalue weighted by molar-refractivity contribution is 0.316. The van der Waals surface area contributed by atoms with Crippen LogP contribution in [-0.4, -0.2) is 34.9 Å². The summed E-state index contributed by atoms with van der Waals surface area (Å²) in [6.45, 7) is 3.68. The molecule has 0 bridgehead atoms. The van der Waals surface area contributed by atoms with Gasteiger partial charge in [-0.3, -0.25) is 0 Å². The maximum absolute atomic E-state index is 4.49. The Morgan fingerprint density at radius 1 is 1.26 bits per heavy atom. The van der Waals surface area contributed by atoms with Gasteiger partial charge >= 0.3 is 0 Å². The molecule has 0 spiro atoms. The van der Waals surface area contributed by atoms with Crippen molar-refractivity contribution < 1.29 is 0 Å². The van der Waals surface area contributed by atoms with Gasteiger partial charge in [0.2, 0.25) is 0 Å². The maximum atomic E-state index is 4.49. The molecule has 2 aliphatic rings. The fourth-order valence-electron chi connectivity index (χ4n) is 3.05. The summed E-state index contributed by atoms with van der Waals surface area (Å²) < 4.78 is 4.49. The van der Waals surface area contributed by atoms with Crippen molar-refractivity contribution >= 4 is 27.4 Å². The predicted molar refractivity (Wildman–Crippen MR) is 80.8 cm³/mol. The topological polar surface area (TPSA) is 28.2 Å². The first-order chi connectivity index (χ1) is 9.40. The number of benzene rings is 1. The van der Waals surface area contributed by atoms with E-state index in [1.54, 1.807) is 11.5 Å². The molecular formula is C15H19N3S. The number of hydrogen-bond donors (Lipinski definition) is 1. The van der Waals surface area contributed by atoms with E-state index in [1.165, 1.54) is 42.7 Å². The van der Waals surface area contributed by atoms with Crippen molar-refractivity contribution in [3.63, 3.8) is 0 Å². The number of anilines is 1. The summed E-state index contributed by atoms with van der Waals surface area (Å²) in [6.07, 6.45) is 4.21. The first-order valence-corrected chi connectivity index (χ1v) is 8.00. The minimum absolute atomic E-state index is 0.807. The summed E-state index contributed by atoms with van der Waals surface area (Å²) in [5.41, 5.74) is 1.11. The molecule has 100 valence electrons. The van der Waals surface area contributed by atoms with E-state index < -0.39 is 0 Å². The van der Waals surface area contributed by atoms with Crippen molar-refractivity contribution in [1.29, 1.82) is 0 Å². The molecule has 0 radical (unpaired) electrons. The van der Waals surface area contributed by atoms with E-state index >= 15 is 0 Å². The summed E-state index contributed by atoms with van der Waals surface area (Å²) in [6, 6.07) is 9.31. The molecule has 2 fully saturated rings. The number of rotatable bonds is 4. The first kappa shape index (κ1) is 11.7. The molecule has 2 aromatic rings. The fraction of sp³-hybridized carbons (Fsp3) is 0.533. The molecule has 1 saturated heterocycles. The van der Waals surface area contributed by atoms with E-state index in [1.807, 2.05) is 0 Å². The SMILES string of the molecule is c1ccc2c(NCC3CCN(C4CC4)C3)snc2c1. The van der Waals surface area contributed by atoms with Crippen molar-refractivity contribution in [1.82, 2.24) is 9.27 Å². The van der Waals surface area contributed by atoms with Gasteiger partial charge in [0.25, 0.3) is 0 Å². The predicted octanol–water partition coefficient (Wildman–Crippen LogP) is 3.19. The van der Waals surface area contributed by atoms with Gasteiger partial charge in [0.1, 0.15) is 5.00 Å². The molecule has 19 heavy (non-hydrogen) atoms. The quantitative estimate of drug-likeness (QED) is 0.927. The number of nitrogens with zero attached hydrogens (tertiary/aromatic N) is 2. The van der Waals surface area contributed by atoms with E-state index in [0.29, 0.717) is 0 Å². The highest BCUT2D eigenvalue weighted by Gasteiger charge is 2.34. The summed E-state index contributed by atoms with van der Waals surface area (Å²) in [7, 11) is 0. The molecule has 2 heterocycles. The van der Waals surface area contributed by atoms with Gasteiger partial charge in [0, 0.05) is 24.5 Å². The summed E-state index contributed by atoms with van der Waals surface area (Å²) in [4.78, 5) is 2.68. The van der Waals surface area contributed by atoms with Crippen LogP contribution >= 0.6 is 11.5 Å². The van der Waals surface area contributed by atoms with Gasteiger partial charge in [0.15, 0.2) is 0 Å².